The molecule has 0 bridgehead atoms. The first-order valence-corrected chi connectivity index (χ1v) is 7.84. The van der Waals surface area contributed by atoms with E-state index in [1.807, 2.05) is 19.2 Å². The first kappa shape index (κ1) is 14.6. The van der Waals surface area contributed by atoms with Crippen molar-refractivity contribution in [3.63, 3.8) is 0 Å². The summed E-state index contributed by atoms with van der Waals surface area (Å²) in [4.78, 5) is 4.53. The Bertz CT molecular complexity index is 429. The van der Waals surface area contributed by atoms with E-state index in [-0.39, 0.29) is 5.92 Å². The number of halogens is 1. The molecule has 0 saturated heterocycles. The number of pyridine rings is 1. The van der Waals surface area contributed by atoms with Gasteiger partial charge in [0.15, 0.2) is 0 Å². The highest BCUT2D eigenvalue weighted by atomic mass is 79.9. The summed E-state index contributed by atoms with van der Waals surface area (Å²) in [5.41, 5.74) is 1.07. The van der Waals surface area contributed by atoms with Gasteiger partial charge < -0.3 is 4.74 Å². The van der Waals surface area contributed by atoms with E-state index in [9.17, 15) is 0 Å². The van der Waals surface area contributed by atoms with Gasteiger partial charge >= 0.3 is 0 Å². The lowest BCUT2D eigenvalue weighted by atomic mass is 9.70. The molecule has 3 unspecified atom stereocenters. The summed E-state index contributed by atoms with van der Waals surface area (Å²) in [5, 5.41) is 0. The highest BCUT2D eigenvalue weighted by Crippen LogP contribution is 2.42. The third-order valence-corrected chi connectivity index (χ3v) is 4.63. The first-order valence-electron chi connectivity index (χ1n) is 7.04. The van der Waals surface area contributed by atoms with Crippen LogP contribution in [0.25, 0.3) is 0 Å². The zero-order valence-corrected chi connectivity index (χ0v) is 13.3. The summed E-state index contributed by atoms with van der Waals surface area (Å²) in [7, 11) is 0. The summed E-state index contributed by atoms with van der Waals surface area (Å²) in [6.45, 7) is 9.12. The van der Waals surface area contributed by atoms with Crippen molar-refractivity contribution >= 4 is 15.9 Å². The first-order chi connectivity index (χ1) is 9.11. The summed E-state index contributed by atoms with van der Waals surface area (Å²) in [5.74, 6) is 2.69. The normalized spacial score (nSPS) is 23.5. The minimum Gasteiger partial charge on any atom is -0.498 e. The Morgan fingerprint density at radius 3 is 2.79 bits per heavy atom. The molecule has 2 nitrogen and oxygen atoms in total. The molecular weight excluding hydrogens is 302 g/mol. The molecule has 1 fully saturated rings. The smallest absolute Gasteiger partial charge is 0.0978 e. The van der Waals surface area contributed by atoms with Crippen molar-refractivity contribution < 1.29 is 4.74 Å². The number of nitrogens with zero attached hydrogens (tertiary/aromatic N) is 1. The van der Waals surface area contributed by atoms with Crippen LogP contribution in [0, 0.1) is 11.8 Å². The number of aromatic nitrogens is 1. The quantitative estimate of drug-likeness (QED) is 0.693. The molecule has 1 aliphatic rings. The zero-order valence-electron chi connectivity index (χ0n) is 11.7. The average molecular weight is 324 g/mol. The topological polar surface area (TPSA) is 22.1 Å². The minimum atomic E-state index is 0.223. The fraction of sp³-hybridized carbons (Fsp3) is 0.562. The van der Waals surface area contributed by atoms with Crippen molar-refractivity contribution in [2.75, 3.05) is 6.61 Å². The van der Waals surface area contributed by atoms with Crippen LogP contribution in [0.3, 0.4) is 0 Å². The molecule has 0 spiro atoms. The Morgan fingerprint density at radius 1 is 1.53 bits per heavy atom. The Hall–Kier alpha value is -0.830. The second-order valence-corrected chi connectivity index (χ2v) is 6.32. The number of hydrogen-bond donors (Lipinski definition) is 0. The standard InChI is InChI=1S/C16H22BrNO/c1-4-19-12(3)15(9-13-6-5-11(13)2)16-8-7-14(17)10-18-16/h7-8,10-11,13,15H,3-6,9H2,1-2H3. The molecule has 3 atom stereocenters. The van der Waals surface area contributed by atoms with Crippen LogP contribution in [0.1, 0.15) is 44.7 Å². The van der Waals surface area contributed by atoms with Crippen LogP contribution in [0.4, 0.5) is 0 Å². The van der Waals surface area contributed by atoms with Crippen LogP contribution in [-0.4, -0.2) is 11.6 Å². The van der Waals surface area contributed by atoms with Gasteiger partial charge in [-0.2, -0.15) is 0 Å². The van der Waals surface area contributed by atoms with E-state index in [0.29, 0.717) is 6.61 Å². The molecule has 3 heteroatoms. The Balaban J connectivity index is 2.13. The summed E-state index contributed by atoms with van der Waals surface area (Å²) in [6, 6.07) is 4.11. The van der Waals surface area contributed by atoms with Crippen molar-refractivity contribution in [3.8, 4) is 0 Å². The van der Waals surface area contributed by atoms with E-state index < -0.39 is 0 Å². The van der Waals surface area contributed by atoms with Crippen molar-refractivity contribution in [3.05, 3.63) is 40.8 Å². The van der Waals surface area contributed by atoms with Gasteiger partial charge in [-0.3, -0.25) is 4.98 Å². The Kier molecular flexibility index (Phi) is 5.03. The lowest BCUT2D eigenvalue weighted by Gasteiger charge is -2.36. The highest BCUT2D eigenvalue weighted by Gasteiger charge is 2.31. The van der Waals surface area contributed by atoms with Crippen molar-refractivity contribution in [1.82, 2.24) is 4.98 Å². The van der Waals surface area contributed by atoms with Gasteiger partial charge in [0.05, 0.1) is 24.0 Å². The van der Waals surface area contributed by atoms with Crippen LogP contribution < -0.4 is 0 Å². The molecule has 1 aliphatic carbocycles. The molecule has 0 radical (unpaired) electrons. The number of ether oxygens (including phenoxy) is 1. The highest BCUT2D eigenvalue weighted by molar-refractivity contribution is 9.10. The summed E-state index contributed by atoms with van der Waals surface area (Å²) in [6.07, 6.45) is 5.64. The molecular formula is C16H22BrNO. The third-order valence-electron chi connectivity index (χ3n) is 4.16. The fourth-order valence-electron chi connectivity index (χ4n) is 2.69. The molecule has 1 heterocycles. The lowest BCUT2D eigenvalue weighted by molar-refractivity contribution is 0.149. The molecule has 1 aromatic rings. The molecule has 0 aliphatic heterocycles. The van der Waals surface area contributed by atoms with Gasteiger partial charge in [0, 0.05) is 10.7 Å². The van der Waals surface area contributed by atoms with Crippen LogP contribution in [-0.2, 0) is 4.74 Å². The lowest BCUT2D eigenvalue weighted by Crippen LogP contribution is -2.26. The number of rotatable bonds is 6. The maximum absolute atomic E-state index is 5.65. The third kappa shape index (κ3) is 3.59. The van der Waals surface area contributed by atoms with Crippen LogP contribution in [0.2, 0.25) is 0 Å². The van der Waals surface area contributed by atoms with Gasteiger partial charge in [-0.25, -0.2) is 0 Å². The van der Waals surface area contributed by atoms with Gasteiger partial charge in [-0.1, -0.05) is 19.9 Å². The predicted octanol–water partition coefficient (Wildman–Crippen LogP) is 4.91. The number of hydrogen-bond acceptors (Lipinski definition) is 2. The van der Waals surface area contributed by atoms with Crippen LogP contribution in [0.15, 0.2) is 35.1 Å². The Morgan fingerprint density at radius 2 is 2.32 bits per heavy atom. The van der Waals surface area contributed by atoms with Crippen molar-refractivity contribution in [2.24, 2.45) is 11.8 Å². The predicted molar refractivity (Wildman–Crippen MR) is 81.9 cm³/mol. The molecule has 19 heavy (non-hydrogen) atoms. The zero-order chi connectivity index (χ0) is 13.8. The van der Waals surface area contributed by atoms with Crippen molar-refractivity contribution in [1.29, 1.82) is 0 Å². The van der Waals surface area contributed by atoms with E-state index >= 15 is 0 Å². The van der Waals surface area contributed by atoms with Crippen LogP contribution in [0.5, 0.6) is 0 Å². The van der Waals surface area contributed by atoms with E-state index in [1.165, 1.54) is 12.8 Å². The van der Waals surface area contributed by atoms with E-state index in [0.717, 1.165) is 34.2 Å². The molecule has 0 aromatic carbocycles. The fourth-order valence-corrected chi connectivity index (χ4v) is 2.92. The van der Waals surface area contributed by atoms with E-state index in [4.69, 9.17) is 4.74 Å². The summed E-state index contributed by atoms with van der Waals surface area (Å²) >= 11 is 3.43. The van der Waals surface area contributed by atoms with Gasteiger partial charge in [0.25, 0.3) is 0 Å². The molecule has 1 aromatic heterocycles. The second kappa shape index (κ2) is 6.56. The van der Waals surface area contributed by atoms with Crippen molar-refractivity contribution in [2.45, 2.75) is 39.0 Å². The Labute approximate surface area is 124 Å². The van der Waals surface area contributed by atoms with E-state index in [2.05, 4.69) is 40.5 Å². The molecule has 104 valence electrons. The van der Waals surface area contributed by atoms with Gasteiger partial charge in [-0.05, 0) is 59.7 Å². The molecule has 0 N–H and O–H groups in total. The van der Waals surface area contributed by atoms with Gasteiger partial charge in [-0.15, -0.1) is 0 Å². The maximum atomic E-state index is 5.65. The summed E-state index contributed by atoms with van der Waals surface area (Å²) < 4.78 is 6.66. The second-order valence-electron chi connectivity index (χ2n) is 5.40. The molecule has 1 saturated carbocycles. The molecule has 0 amide bonds. The maximum Gasteiger partial charge on any atom is 0.0978 e. The largest absolute Gasteiger partial charge is 0.498 e. The van der Waals surface area contributed by atoms with E-state index in [1.54, 1.807) is 0 Å². The van der Waals surface area contributed by atoms with Crippen LogP contribution >= 0.6 is 15.9 Å². The monoisotopic (exact) mass is 323 g/mol. The number of allylic oxidation sites excluding steroid dienone is 1. The van der Waals surface area contributed by atoms with Gasteiger partial charge in [0.1, 0.15) is 0 Å². The SMILES string of the molecule is C=C(OCC)C(CC1CCC1C)c1ccc(Br)cn1. The minimum absolute atomic E-state index is 0.223. The molecule has 2 rings (SSSR count). The average Bonchev–Trinajstić information content (AvgIpc) is 2.39. The van der Waals surface area contributed by atoms with Gasteiger partial charge in [0.2, 0.25) is 0 Å².